The summed E-state index contributed by atoms with van der Waals surface area (Å²) in [6.07, 6.45) is 0.872. The molecule has 6 rings (SSSR count). The van der Waals surface area contributed by atoms with E-state index in [0.29, 0.717) is 0 Å². The van der Waals surface area contributed by atoms with E-state index in [1.807, 2.05) is 0 Å². The molecule has 0 aliphatic carbocycles. The van der Waals surface area contributed by atoms with Gasteiger partial charge in [-0.05, 0) is 115 Å². The third-order valence-corrected chi connectivity index (χ3v) is 7.55. The van der Waals surface area contributed by atoms with Crippen LogP contribution in [-0.4, -0.2) is 0 Å². The number of aryl methyl sites for hydroxylation is 1. The van der Waals surface area contributed by atoms with Gasteiger partial charge in [-0.15, -0.1) is 0 Å². The van der Waals surface area contributed by atoms with Crippen molar-refractivity contribution < 1.29 is 0 Å². The molecule has 6 aromatic rings. The maximum absolute atomic E-state index is 4.11. The van der Waals surface area contributed by atoms with Gasteiger partial charge in [0.15, 0.2) is 0 Å². The van der Waals surface area contributed by atoms with Gasteiger partial charge in [0.25, 0.3) is 0 Å². The molecule has 210 valence electrons. The lowest BCUT2D eigenvalue weighted by Crippen LogP contribution is -2.10. The normalized spacial score (nSPS) is 10.7. The monoisotopic (exact) mass is 556 g/mol. The molecule has 0 unspecified atom stereocenters. The first-order valence-corrected chi connectivity index (χ1v) is 14.8. The molecule has 0 saturated carbocycles. The second-order valence-electron chi connectivity index (χ2n) is 11.1. The van der Waals surface area contributed by atoms with Crippen molar-refractivity contribution in [2.24, 2.45) is 0 Å². The van der Waals surface area contributed by atoms with Gasteiger partial charge in [0.2, 0.25) is 0 Å². The minimum atomic E-state index is 0.872. The number of nitrogens with zero attached hydrogens (tertiary/aromatic N) is 2. The van der Waals surface area contributed by atoms with Gasteiger partial charge in [0.1, 0.15) is 0 Å². The molecule has 0 radical (unpaired) electrons. The average Bonchev–Trinajstić information content (AvgIpc) is 3.03. The lowest BCUT2D eigenvalue weighted by molar-refractivity contribution is 1.15. The molecule has 0 amide bonds. The van der Waals surface area contributed by atoms with Crippen molar-refractivity contribution in [2.45, 2.75) is 20.3 Å². The molecule has 0 aromatic heterocycles. The van der Waals surface area contributed by atoms with Crippen LogP contribution >= 0.6 is 0 Å². The van der Waals surface area contributed by atoms with Gasteiger partial charge in [-0.3, -0.25) is 0 Å². The van der Waals surface area contributed by atoms with Gasteiger partial charge in [-0.1, -0.05) is 97.1 Å². The van der Waals surface area contributed by atoms with Crippen molar-refractivity contribution in [1.29, 1.82) is 0 Å². The Kier molecular flexibility index (Phi) is 8.19. The van der Waals surface area contributed by atoms with E-state index in [-0.39, 0.29) is 0 Å². The Hall–Kier alpha value is -5.34. The minimum Gasteiger partial charge on any atom is -0.310 e. The van der Waals surface area contributed by atoms with Gasteiger partial charge in [0, 0.05) is 34.1 Å². The van der Waals surface area contributed by atoms with Crippen LogP contribution in [0.25, 0.3) is 11.1 Å². The van der Waals surface area contributed by atoms with Gasteiger partial charge >= 0.3 is 0 Å². The summed E-state index contributed by atoms with van der Waals surface area (Å²) in [5.74, 6) is 0. The second-order valence-corrected chi connectivity index (χ2v) is 11.1. The zero-order valence-electron chi connectivity index (χ0n) is 24.8. The van der Waals surface area contributed by atoms with Crippen molar-refractivity contribution in [3.8, 4) is 11.1 Å². The molecule has 0 saturated heterocycles. The summed E-state index contributed by atoms with van der Waals surface area (Å²) >= 11 is 0. The third kappa shape index (κ3) is 6.45. The molecule has 0 aliphatic rings. The first kappa shape index (κ1) is 27.8. The lowest BCUT2D eigenvalue weighted by Gasteiger charge is -2.26. The summed E-state index contributed by atoms with van der Waals surface area (Å²) in [5, 5.41) is 0. The SMILES string of the molecule is C=C(C)Cc1cccc(N(c2ccccc2)c2ccc(-c3ccc(N(c4ccccc4)c4cccc(C)c4)cc3)cc2)c1. The van der Waals surface area contributed by atoms with Crippen LogP contribution in [0.1, 0.15) is 18.1 Å². The highest BCUT2D eigenvalue weighted by Crippen LogP contribution is 2.38. The van der Waals surface area contributed by atoms with Gasteiger partial charge in [-0.25, -0.2) is 0 Å². The van der Waals surface area contributed by atoms with Crippen molar-refractivity contribution in [3.63, 3.8) is 0 Å². The fourth-order valence-corrected chi connectivity index (χ4v) is 5.58. The van der Waals surface area contributed by atoms with Crippen LogP contribution in [0.2, 0.25) is 0 Å². The zero-order chi connectivity index (χ0) is 29.6. The Morgan fingerprint density at radius 3 is 1.35 bits per heavy atom. The van der Waals surface area contributed by atoms with E-state index >= 15 is 0 Å². The quantitative estimate of drug-likeness (QED) is 0.163. The molecule has 0 fully saturated rings. The molecule has 0 N–H and O–H groups in total. The Bertz CT molecular complexity index is 1800. The molecule has 2 heteroatoms. The minimum absolute atomic E-state index is 0.872. The molecule has 0 atom stereocenters. The topological polar surface area (TPSA) is 6.48 Å². The van der Waals surface area contributed by atoms with Crippen LogP contribution in [0.15, 0.2) is 170 Å². The molecule has 2 nitrogen and oxygen atoms in total. The number of anilines is 6. The maximum atomic E-state index is 4.11. The molecule has 0 aliphatic heterocycles. The predicted octanol–water partition coefficient (Wildman–Crippen LogP) is 11.7. The first-order chi connectivity index (χ1) is 21.0. The van der Waals surface area contributed by atoms with Crippen molar-refractivity contribution >= 4 is 34.1 Å². The highest BCUT2D eigenvalue weighted by molar-refractivity contribution is 5.81. The zero-order valence-corrected chi connectivity index (χ0v) is 24.8. The summed E-state index contributed by atoms with van der Waals surface area (Å²) in [6, 6.07) is 56.2. The number of allylic oxidation sites excluding steroid dienone is 1. The van der Waals surface area contributed by atoms with Gasteiger partial charge in [-0.2, -0.15) is 0 Å². The van der Waals surface area contributed by atoms with E-state index < -0.39 is 0 Å². The van der Waals surface area contributed by atoms with E-state index in [0.717, 1.165) is 46.1 Å². The van der Waals surface area contributed by atoms with Gasteiger partial charge in [0.05, 0.1) is 0 Å². The fraction of sp³-hybridized carbons (Fsp3) is 0.0732. The average molecular weight is 557 g/mol. The Labute approximate surface area is 255 Å². The second kappa shape index (κ2) is 12.7. The Morgan fingerprint density at radius 1 is 0.465 bits per heavy atom. The Balaban J connectivity index is 1.32. The number of hydrogen-bond donors (Lipinski definition) is 0. The van der Waals surface area contributed by atoms with Crippen molar-refractivity contribution in [1.82, 2.24) is 0 Å². The maximum Gasteiger partial charge on any atom is 0.0464 e. The van der Waals surface area contributed by atoms with Crippen LogP contribution in [0.4, 0.5) is 34.1 Å². The smallest absolute Gasteiger partial charge is 0.0464 e. The summed E-state index contributed by atoms with van der Waals surface area (Å²) < 4.78 is 0. The summed E-state index contributed by atoms with van der Waals surface area (Å²) in [4.78, 5) is 4.62. The molecular weight excluding hydrogens is 520 g/mol. The molecule has 6 aromatic carbocycles. The summed E-state index contributed by atoms with van der Waals surface area (Å²) in [5.41, 5.74) is 12.8. The first-order valence-electron chi connectivity index (χ1n) is 14.8. The molecule has 0 spiro atoms. The van der Waals surface area contributed by atoms with Crippen molar-refractivity contribution in [3.05, 3.63) is 181 Å². The van der Waals surface area contributed by atoms with Gasteiger partial charge < -0.3 is 9.80 Å². The fourth-order valence-electron chi connectivity index (χ4n) is 5.58. The number of para-hydroxylation sites is 2. The van der Waals surface area contributed by atoms with Crippen LogP contribution in [0, 0.1) is 6.92 Å². The number of benzene rings is 6. The number of rotatable bonds is 9. The molecule has 0 bridgehead atoms. The third-order valence-electron chi connectivity index (χ3n) is 7.55. The van der Waals surface area contributed by atoms with Crippen LogP contribution in [-0.2, 0) is 6.42 Å². The Morgan fingerprint density at radius 2 is 0.884 bits per heavy atom. The largest absolute Gasteiger partial charge is 0.310 e. The standard InChI is InChI=1S/C41H36N2/c1-31(2)28-33-13-11-19-41(30-33)43(37-16-8-5-9-17-37)39-26-22-35(23-27-39)34-20-24-38(25-21-34)42(36-14-6-4-7-15-36)40-18-10-12-32(3)29-40/h4-27,29-30H,1,28H2,2-3H3. The molecular formula is C41H36N2. The lowest BCUT2D eigenvalue weighted by atomic mass is 10.0. The van der Waals surface area contributed by atoms with E-state index in [1.54, 1.807) is 0 Å². The van der Waals surface area contributed by atoms with Crippen LogP contribution in [0.5, 0.6) is 0 Å². The highest BCUT2D eigenvalue weighted by atomic mass is 15.1. The predicted molar refractivity (Wildman–Crippen MR) is 184 cm³/mol. The van der Waals surface area contributed by atoms with E-state index in [9.17, 15) is 0 Å². The van der Waals surface area contributed by atoms with Crippen LogP contribution < -0.4 is 9.80 Å². The summed E-state index contributed by atoms with van der Waals surface area (Å²) in [6.45, 7) is 8.33. The van der Waals surface area contributed by atoms with Crippen molar-refractivity contribution in [2.75, 3.05) is 9.80 Å². The molecule has 43 heavy (non-hydrogen) atoms. The van der Waals surface area contributed by atoms with E-state index in [1.165, 1.54) is 22.3 Å². The number of hydrogen-bond acceptors (Lipinski definition) is 2. The highest BCUT2D eigenvalue weighted by Gasteiger charge is 2.15. The van der Waals surface area contributed by atoms with E-state index in [2.05, 4.69) is 188 Å². The molecule has 0 heterocycles. The van der Waals surface area contributed by atoms with Crippen LogP contribution in [0.3, 0.4) is 0 Å². The summed E-state index contributed by atoms with van der Waals surface area (Å²) in [7, 11) is 0. The van der Waals surface area contributed by atoms with E-state index in [4.69, 9.17) is 0 Å².